The molecular formula is C32H24N4O3S. The summed E-state index contributed by atoms with van der Waals surface area (Å²) in [6.45, 7) is 0. The van der Waals surface area contributed by atoms with Crippen LogP contribution in [0.1, 0.15) is 29.5 Å². The Morgan fingerprint density at radius 1 is 0.850 bits per heavy atom. The first kappa shape index (κ1) is 24.3. The Morgan fingerprint density at radius 2 is 1.57 bits per heavy atom. The maximum absolute atomic E-state index is 13.5. The number of hydrogen-bond acceptors (Lipinski definition) is 5. The highest BCUT2D eigenvalue weighted by Crippen LogP contribution is 2.52. The minimum Gasteiger partial charge on any atom is -0.293 e. The maximum Gasteiger partial charge on any atom is 0.333 e. The van der Waals surface area contributed by atoms with Gasteiger partial charge in [-0.1, -0.05) is 42.2 Å². The summed E-state index contributed by atoms with van der Waals surface area (Å²) >= 11 is 0. The zero-order valence-corrected chi connectivity index (χ0v) is 22.7. The van der Waals surface area contributed by atoms with E-state index < -0.39 is 14.6 Å². The topological polar surface area (TPSA) is 86.9 Å². The molecule has 6 aromatic rings. The molecule has 0 saturated heterocycles. The van der Waals surface area contributed by atoms with E-state index in [1.165, 1.54) is 6.26 Å². The van der Waals surface area contributed by atoms with E-state index >= 15 is 0 Å². The molecule has 3 heterocycles. The molecule has 0 spiro atoms. The summed E-state index contributed by atoms with van der Waals surface area (Å²) in [5.74, 6) is 6.45. The maximum atomic E-state index is 13.5. The molecule has 8 heteroatoms. The zero-order valence-electron chi connectivity index (χ0n) is 21.9. The Kier molecular flexibility index (Phi) is 5.25. The van der Waals surface area contributed by atoms with Gasteiger partial charge in [0.1, 0.15) is 0 Å². The molecule has 0 bridgehead atoms. The van der Waals surface area contributed by atoms with Crippen molar-refractivity contribution in [3.8, 4) is 17.5 Å². The summed E-state index contributed by atoms with van der Waals surface area (Å²) in [6, 6.07) is 23.0. The molecule has 0 unspecified atom stereocenters. The molecule has 196 valence electrons. The summed E-state index contributed by atoms with van der Waals surface area (Å²) in [6.07, 6.45) is 6.01. The fraction of sp³-hybridized carbons (Fsp3) is 0.156. The van der Waals surface area contributed by atoms with Crippen molar-refractivity contribution in [3.05, 3.63) is 112 Å². The van der Waals surface area contributed by atoms with Crippen molar-refractivity contribution in [3.63, 3.8) is 0 Å². The van der Waals surface area contributed by atoms with Crippen LogP contribution < -0.4 is 5.69 Å². The van der Waals surface area contributed by atoms with Crippen molar-refractivity contribution >= 4 is 42.7 Å². The third-order valence-corrected chi connectivity index (χ3v) is 9.95. The van der Waals surface area contributed by atoms with E-state index in [9.17, 15) is 13.2 Å². The lowest BCUT2D eigenvalue weighted by molar-refractivity contribution is 0.586. The number of nitrogens with zero attached hydrogens (tertiary/aromatic N) is 4. The number of pyridine rings is 2. The zero-order chi connectivity index (χ0) is 27.6. The second kappa shape index (κ2) is 8.63. The smallest absolute Gasteiger partial charge is 0.293 e. The average Bonchev–Trinajstić information content (AvgIpc) is 3.74. The van der Waals surface area contributed by atoms with Crippen molar-refractivity contribution in [2.45, 2.75) is 17.6 Å². The number of fused-ring (bicyclic) bond motifs is 4. The lowest BCUT2D eigenvalue weighted by Gasteiger charge is -2.14. The van der Waals surface area contributed by atoms with E-state index in [2.05, 4.69) is 21.8 Å². The Bertz CT molecular complexity index is 2230. The standard InChI is InChI=1S/C32H24N4O3S/c1-35-29-20-34-28-14-9-21(7-8-22-17-23-5-3-4-6-27(23)33-19-22)18-26(28)30(29)36(31(35)37)25-12-10-24(11-13-25)32(15-16-32)40(2,38)39/h3-6,9-14,17-20H,15-16H2,1-2H3. The first-order valence-electron chi connectivity index (χ1n) is 12.9. The second-order valence-electron chi connectivity index (χ2n) is 10.4. The number of imidazole rings is 1. The van der Waals surface area contributed by atoms with Crippen LogP contribution in [0.3, 0.4) is 0 Å². The van der Waals surface area contributed by atoms with Crippen molar-refractivity contribution in [1.82, 2.24) is 19.1 Å². The lowest BCUT2D eigenvalue weighted by atomic mass is 10.1. The average molecular weight is 545 g/mol. The van der Waals surface area contributed by atoms with E-state index in [4.69, 9.17) is 0 Å². The van der Waals surface area contributed by atoms with Gasteiger partial charge in [0.2, 0.25) is 0 Å². The first-order chi connectivity index (χ1) is 19.2. The van der Waals surface area contributed by atoms with Gasteiger partial charge in [0, 0.05) is 41.4 Å². The van der Waals surface area contributed by atoms with Gasteiger partial charge in [-0.2, -0.15) is 0 Å². The molecule has 0 amide bonds. The largest absolute Gasteiger partial charge is 0.333 e. The highest BCUT2D eigenvalue weighted by Gasteiger charge is 2.53. The Morgan fingerprint density at radius 3 is 2.33 bits per heavy atom. The van der Waals surface area contributed by atoms with Crippen LogP contribution >= 0.6 is 0 Å². The molecule has 0 radical (unpaired) electrons. The first-order valence-corrected chi connectivity index (χ1v) is 14.8. The summed E-state index contributed by atoms with van der Waals surface area (Å²) in [4.78, 5) is 22.5. The molecule has 0 aliphatic heterocycles. The summed E-state index contributed by atoms with van der Waals surface area (Å²) < 4.78 is 27.2. The summed E-state index contributed by atoms with van der Waals surface area (Å²) in [5.41, 5.74) is 5.91. The van der Waals surface area contributed by atoms with Crippen molar-refractivity contribution in [2.75, 3.05) is 6.26 Å². The number of para-hydroxylation sites is 1. The molecule has 1 fully saturated rings. The van der Waals surface area contributed by atoms with Gasteiger partial charge >= 0.3 is 5.69 Å². The van der Waals surface area contributed by atoms with Gasteiger partial charge < -0.3 is 0 Å². The second-order valence-corrected chi connectivity index (χ2v) is 12.7. The quantitative estimate of drug-likeness (QED) is 0.297. The van der Waals surface area contributed by atoms with Crippen LogP contribution in [0.15, 0.2) is 90.0 Å². The Hall–Kier alpha value is -4.74. The number of aryl methyl sites for hydroxylation is 1. The van der Waals surface area contributed by atoms with Gasteiger partial charge in [-0.15, -0.1) is 0 Å². The van der Waals surface area contributed by atoms with Crippen molar-refractivity contribution < 1.29 is 8.42 Å². The fourth-order valence-corrected chi connectivity index (χ4v) is 6.91. The Labute approximate surface area is 230 Å². The Balaban J connectivity index is 1.36. The number of hydrogen-bond donors (Lipinski definition) is 0. The minimum absolute atomic E-state index is 0.208. The fourth-order valence-electron chi connectivity index (χ4n) is 5.50. The van der Waals surface area contributed by atoms with Crippen molar-refractivity contribution in [2.24, 2.45) is 7.05 Å². The van der Waals surface area contributed by atoms with Crippen LogP contribution in [-0.2, 0) is 21.6 Å². The number of aromatic nitrogens is 4. The molecule has 1 aliphatic carbocycles. The van der Waals surface area contributed by atoms with E-state index in [0.717, 1.165) is 44.0 Å². The molecular weight excluding hydrogens is 520 g/mol. The van der Waals surface area contributed by atoms with Crippen LogP contribution in [-0.4, -0.2) is 33.8 Å². The van der Waals surface area contributed by atoms with Crippen LogP contribution in [0.5, 0.6) is 0 Å². The molecule has 40 heavy (non-hydrogen) atoms. The molecule has 7 rings (SSSR count). The third-order valence-electron chi connectivity index (χ3n) is 7.89. The predicted octanol–water partition coefficient (Wildman–Crippen LogP) is 4.86. The van der Waals surface area contributed by atoms with E-state index in [1.807, 2.05) is 72.8 Å². The molecule has 0 N–H and O–H groups in total. The van der Waals surface area contributed by atoms with Gasteiger partial charge in [-0.25, -0.2) is 13.2 Å². The molecule has 1 aliphatic rings. The normalized spacial score (nSPS) is 14.3. The van der Waals surface area contributed by atoms with Crippen molar-refractivity contribution in [1.29, 1.82) is 0 Å². The number of benzene rings is 3. The molecule has 3 aromatic heterocycles. The van der Waals surface area contributed by atoms with Crippen LogP contribution in [0.25, 0.3) is 38.5 Å². The summed E-state index contributed by atoms with van der Waals surface area (Å²) in [5, 5.41) is 1.83. The van der Waals surface area contributed by atoms with Gasteiger partial charge in [-0.05, 0) is 60.9 Å². The number of rotatable bonds is 3. The molecule has 3 aromatic carbocycles. The van der Waals surface area contributed by atoms with E-state index in [0.29, 0.717) is 24.0 Å². The minimum atomic E-state index is -3.23. The van der Waals surface area contributed by atoms with Crippen LogP contribution in [0, 0.1) is 11.8 Å². The predicted molar refractivity (Wildman–Crippen MR) is 157 cm³/mol. The molecule has 7 nitrogen and oxygen atoms in total. The van der Waals surface area contributed by atoms with Gasteiger partial charge in [0.25, 0.3) is 0 Å². The van der Waals surface area contributed by atoms with Crippen LogP contribution in [0.2, 0.25) is 0 Å². The highest BCUT2D eigenvalue weighted by atomic mass is 32.2. The summed E-state index contributed by atoms with van der Waals surface area (Å²) in [7, 11) is -1.50. The van der Waals surface area contributed by atoms with Gasteiger partial charge in [0.15, 0.2) is 9.84 Å². The van der Waals surface area contributed by atoms with E-state index in [-0.39, 0.29) is 5.69 Å². The number of sulfone groups is 1. The van der Waals surface area contributed by atoms with E-state index in [1.54, 1.807) is 28.6 Å². The highest BCUT2D eigenvalue weighted by molar-refractivity contribution is 7.92. The van der Waals surface area contributed by atoms with Gasteiger partial charge in [-0.3, -0.25) is 19.1 Å². The lowest BCUT2D eigenvalue weighted by Crippen LogP contribution is -2.21. The van der Waals surface area contributed by atoms with Crippen LogP contribution in [0.4, 0.5) is 0 Å². The SMILES string of the molecule is Cn1c(=O)n(-c2ccc(C3(S(C)(=O)=O)CC3)cc2)c2c3cc(C#Cc4cnc5ccccc5c4)ccc3ncc21. The van der Waals surface area contributed by atoms with Gasteiger partial charge in [0.05, 0.1) is 38.7 Å². The molecule has 1 saturated carbocycles. The molecule has 0 atom stereocenters. The monoisotopic (exact) mass is 544 g/mol. The third kappa shape index (κ3) is 3.74.